The summed E-state index contributed by atoms with van der Waals surface area (Å²) < 4.78 is 6.18. The van der Waals surface area contributed by atoms with Gasteiger partial charge in [0.1, 0.15) is 0 Å². The highest BCUT2D eigenvalue weighted by molar-refractivity contribution is 6.35. The second kappa shape index (κ2) is 11.9. The number of anilines is 1. The third-order valence-corrected chi connectivity index (χ3v) is 8.47. The maximum absolute atomic E-state index is 11.1. The molecule has 0 radical (unpaired) electrons. The summed E-state index contributed by atoms with van der Waals surface area (Å²) in [7, 11) is 0. The SMILES string of the molecule is O=C(O)CC1CCN(Cc2cc(Oc3cnc(N4CCN5CCC4C5)nc3)nc(-c3cc(Cl)cc(Cl)c3)c2)CC1. The third-order valence-electron chi connectivity index (χ3n) is 8.04. The lowest BCUT2D eigenvalue weighted by molar-refractivity contribution is -0.138. The monoisotopic (exact) mass is 582 g/mol. The van der Waals surface area contributed by atoms with Gasteiger partial charge in [0.05, 0.1) is 18.1 Å². The molecule has 2 unspecified atom stereocenters. The first kappa shape index (κ1) is 27.2. The summed E-state index contributed by atoms with van der Waals surface area (Å²) in [5, 5.41) is 10.2. The van der Waals surface area contributed by atoms with Gasteiger partial charge >= 0.3 is 5.97 Å². The van der Waals surface area contributed by atoms with Crippen LogP contribution in [0.5, 0.6) is 11.6 Å². The van der Waals surface area contributed by atoms with Gasteiger partial charge in [-0.1, -0.05) is 23.2 Å². The van der Waals surface area contributed by atoms with Crippen LogP contribution in [0.3, 0.4) is 0 Å². The summed E-state index contributed by atoms with van der Waals surface area (Å²) in [6.45, 7) is 6.59. The zero-order valence-corrected chi connectivity index (χ0v) is 23.7. The van der Waals surface area contributed by atoms with E-state index in [1.807, 2.05) is 24.3 Å². The first-order valence-corrected chi connectivity index (χ1v) is 14.5. The fraction of sp³-hybridized carbons (Fsp3) is 0.448. The molecule has 3 fully saturated rings. The lowest BCUT2D eigenvalue weighted by Crippen LogP contribution is -2.47. The molecule has 1 aromatic carbocycles. The Balaban J connectivity index is 1.21. The third kappa shape index (κ3) is 6.49. The summed E-state index contributed by atoms with van der Waals surface area (Å²) in [5.41, 5.74) is 2.53. The number of piperazine rings is 1. The van der Waals surface area contributed by atoms with Crippen molar-refractivity contribution in [2.75, 3.05) is 44.2 Å². The van der Waals surface area contributed by atoms with E-state index in [-0.39, 0.29) is 12.3 Å². The molecule has 3 aliphatic heterocycles. The molecule has 9 nitrogen and oxygen atoms in total. The molecule has 5 heterocycles. The van der Waals surface area contributed by atoms with Crippen molar-refractivity contribution in [2.24, 2.45) is 5.92 Å². The number of carboxylic acid groups (broad SMARTS) is 1. The molecule has 40 heavy (non-hydrogen) atoms. The van der Waals surface area contributed by atoms with E-state index in [1.54, 1.807) is 18.5 Å². The van der Waals surface area contributed by atoms with Crippen molar-refractivity contribution in [1.29, 1.82) is 0 Å². The predicted octanol–water partition coefficient (Wildman–Crippen LogP) is 5.22. The van der Waals surface area contributed by atoms with E-state index in [0.717, 1.165) is 75.6 Å². The van der Waals surface area contributed by atoms with E-state index >= 15 is 0 Å². The van der Waals surface area contributed by atoms with Crippen LogP contribution in [0.4, 0.5) is 5.95 Å². The van der Waals surface area contributed by atoms with Gasteiger partial charge in [0.25, 0.3) is 0 Å². The van der Waals surface area contributed by atoms with Crippen LogP contribution in [0.1, 0.15) is 31.2 Å². The van der Waals surface area contributed by atoms with E-state index in [1.165, 1.54) is 0 Å². The Labute approximate surface area is 243 Å². The number of benzene rings is 1. The number of carboxylic acids is 1. The molecule has 3 saturated heterocycles. The first-order valence-electron chi connectivity index (χ1n) is 13.8. The lowest BCUT2D eigenvalue weighted by Gasteiger charge is -2.34. The minimum absolute atomic E-state index is 0.231. The number of likely N-dealkylation sites (tertiary alicyclic amines) is 1. The van der Waals surface area contributed by atoms with Gasteiger partial charge in [-0.05, 0) is 68.1 Å². The number of hydrogen-bond donors (Lipinski definition) is 1. The van der Waals surface area contributed by atoms with Crippen molar-refractivity contribution in [3.8, 4) is 22.9 Å². The van der Waals surface area contributed by atoms with Crippen LogP contribution in [0.25, 0.3) is 11.3 Å². The van der Waals surface area contributed by atoms with Crippen LogP contribution in [0.15, 0.2) is 42.7 Å². The van der Waals surface area contributed by atoms with Crippen LogP contribution in [0, 0.1) is 5.92 Å². The van der Waals surface area contributed by atoms with Gasteiger partial charge in [0.2, 0.25) is 11.8 Å². The summed E-state index contributed by atoms with van der Waals surface area (Å²) >= 11 is 12.6. The molecule has 0 saturated carbocycles. The first-order chi connectivity index (χ1) is 19.4. The lowest BCUT2D eigenvalue weighted by atomic mass is 9.93. The van der Waals surface area contributed by atoms with Crippen molar-refractivity contribution in [3.63, 3.8) is 0 Å². The van der Waals surface area contributed by atoms with Crippen molar-refractivity contribution >= 4 is 35.1 Å². The van der Waals surface area contributed by atoms with Crippen molar-refractivity contribution in [3.05, 3.63) is 58.3 Å². The molecule has 1 N–H and O–H groups in total. The Kier molecular flexibility index (Phi) is 8.07. The number of nitrogens with zero attached hydrogens (tertiary/aromatic N) is 6. The van der Waals surface area contributed by atoms with Gasteiger partial charge in [0, 0.05) is 66.9 Å². The Morgan fingerprint density at radius 1 is 0.950 bits per heavy atom. The van der Waals surface area contributed by atoms with Gasteiger partial charge in [-0.25, -0.2) is 15.0 Å². The van der Waals surface area contributed by atoms with Crippen LogP contribution < -0.4 is 9.64 Å². The molecule has 210 valence electrons. The number of pyridine rings is 1. The van der Waals surface area contributed by atoms with Gasteiger partial charge < -0.3 is 14.7 Å². The molecule has 2 atom stereocenters. The molecule has 2 aromatic heterocycles. The second-order valence-corrected chi connectivity index (χ2v) is 11.8. The van der Waals surface area contributed by atoms with Crippen molar-refractivity contribution in [2.45, 2.75) is 38.3 Å². The number of hydrogen-bond acceptors (Lipinski definition) is 8. The van der Waals surface area contributed by atoms with E-state index < -0.39 is 5.97 Å². The van der Waals surface area contributed by atoms with Crippen LogP contribution in [-0.4, -0.2) is 81.1 Å². The normalized spacial score (nSPS) is 21.5. The Morgan fingerprint density at radius 2 is 1.70 bits per heavy atom. The molecule has 0 aliphatic carbocycles. The molecular weight excluding hydrogens is 551 g/mol. The van der Waals surface area contributed by atoms with Gasteiger partial charge in [-0.15, -0.1) is 0 Å². The number of aliphatic carboxylic acids is 1. The quantitative estimate of drug-likeness (QED) is 0.383. The fourth-order valence-corrected chi connectivity index (χ4v) is 6.53. The highest BCUT2D eigenvalue weighted by Gasteiger charge is 2.33. The predicted molar refractivity (Wildman–Crippen MR) is 154 cm³/mol. The van der Waals surface area contributed by atoms with Crippen molar-refractivity contribution in [1.82, 2.24) is 24.8 Å². The fourth-order valence-electron chi connectivity index (χ4n) is 6.00. The Bertz CT molecular complexity index is 1350. The average Bonchev–Trinajstić information content (AvgIpc) is 3.30. The smallest absolute Gasteiger partial charge is 0.303 e. The molecule has 6 rings (SSSR count). The van der Waals surface area contributed by atoms with Gasteiger partial charge in [-0.3, -0.25) is 14.6 Å². The summed E-state index contributed by atoms with van der Waals surface area (Å²) in [5.74, 6) is 1.20. The van der Waals surface area contributed by atoms with Gasteiger partial charge in [0.15, 0.2) is 5.75 Å². The highest BCUT2D eigenvalue weighted by atomic mass is 35.5. The minimum Gasteiger partial charge on any atom is -0.481 e. The molecular formula is C29H32Cl2N6O3. The Hall–Kier alpha value is -2.98. The number of ether oxygens (including phenoxy) is 1. The molecule has 3 aliphatic rings. The standard InChI is InChI=1S/C29H32Cl2N6O3/c30-22-12-21(13-23(31)14-22)26-9-20(17-35-4-1-19(2-5-35)11-28(38)39)10-27(34-26)40-25-15-32-29(33-16-25)37-8-7-36-6-3-24(37)18-36/h9-10,12-16,19,24H,1-8,11,17-18H2,(H,38,39). The van der Waals surface area contributed by atoms with Gasteiger partial charge in [-0.2, -0.15) is 0 Å². The molecule has 0 amide bonds. The molecule has 2 bridgehead atoms. The summed E-state index contributed by atoms with van der Waals surface area (Å²) in [6.07, 6.45) is 6.54. The second-order valence-electron chi connectivity index (χ2n) is 10.9. The summed E-state index contributed by atoms with van der Waals surface area (Å²) in [6, 6.07) is 9.80. The maximum atomic E-state index is 11.1. The number of aromatic nitrogens is 3. The zero-order chi connectivity index (χ0) is 27.6. The number of halogens is 2. The average molecular weight is 584 g/mol. The Morgan fingerprint density at radius 3 is 2.42 bits per heavy atom. The zero-order valence-electron chi connectivity index (χ0n) is 22.2. The van der Waals surface area contributed by atoms with E-state index in [9.17, 15) is 4.79 Å². The number of carbonyl (C=O) groups is 1. The summed E-state index contributed by atoms with van der Waals surface area (Å²) in [4.78, 5) is 32.2. The largest absolute Gasteiger partial charge is 0.481 e. The number of rotatable bonds is 8. The van der Waals surface area contributed by atoms with Crippen LogP contribution >= 0.6 is 23.2 Å². The van der Waals surface area contributed by atoms with Crippen molar-refractivity contribution < 1.29 is 14.6 Å². The minimum atomic E-state index is -0.725. The van der Waals surface area contributed by atoms with E-state index in [2.05, 4.69) is 24.7 Å². The number of fused-ring (bicyclic) bond motifs is 2. The molecule has 11 heteroatoms. The van der Waals surface area contributed by atoms with E-state index in [4.69, 9.17) is 38.0 Å². The highest BCUT2D eigenvalue weighted by Crippen LogP contribution is 2.31. The molecule has 0 spiro atoms. The maximum Gasteiger partial charge on any atom is 0.303 e. The van der Waals surface area contributed by atoms with E-state index in [0.29, 0.717) is 40.0 Å². The number of piperidine rings is 1. The van der Waals surface area contributed by atoms with Crippen LogP contribution in [0.2, 0.25) is 10.0 Å². The topological polar surface area (TPSA) is 94.9 Å². The van der Waals surface area contributed by atoms with Crippen LogP contribution in [-0.2, 0) is 11.3 Å². The molecule has 3 aromatic rings.